The van der Waals surface area contributed by atoms with E-state index in [1.165, 1.54) is 0 Å². The third kappa shape index (κ3) is 5.26. The first-order valence-electron chi connectivity index (χ1n) is 5.79. The lowest BCUT2D eigenvalue weighted by Crippen LogP contribution is -2.41. The van der Waals surface area contributed by atoms with E-state index in [4.69, 9.17) is 13.6 Å². The minimum Gasteiger partial charge on any atom is -0.458 e. The summed E-state index contributed by atoms with van der Waals surface area (Å²) in [6.07, 6.45) is 0.377. The normalized spacial score (nSPS) is 23.2. The van der Waals surface area contributed by atoms with Crippen molar-refractivity contribution in [3.05, 3.63) is 0 Å². The predicted octanol–water partition coefficient (Wildman–Crippen LogP) is 2.00. The minimum absolute atomic E-state index is 0.377. The van der Waals surface area contributed by atoms with Gasteiger partial charge in [-0.1, -0.05) is 6.92 Å². The van der Waals surface area contributed by atoms with E-state index < -0.39 is 17.4 Å². The van der Waals surface area contributed by atoms with Gasteiger partial charge in [0.1, 0.15) is 6.10 Å². The number of epoxide rings is 1. The number of ether oxygens (including phenoxy) is 2. The van der Waals surface area contributed by atoms with Gasteiger partial charge in [0.25, 0.3) is 0 Å². The first-order chi connectivity index (χ1) is 6.92. The monoisotopic (exact) mass is 248 g/mol. The van der Waals surface area contributed by atoms with Crippen molar-refractivity contribution in [2.24, 2.45) is 0 Å². The molecular weight excluding hydrogens is 224 g/mol. The highest BCUT2D eigenvalue weighted by molar-refractivity contribution is 6.78. The zero-order valence-corrected chi connectivity index (χ0v) is 12.7. The second-order valence-corrected chi connectivity index (χ2v) is 12.4. The molecule has 0 aliphatic carbocycles. The third-order valence-corrected chi connectivity index (χ3v) is 9.66. The molecule has 1 saturated heterocycles. The molecule has 0 spiro atoms. The van der Waals surface area contributed by atoms with Crippen LogP contribution in [0.4, 0.5) is 0 Å². The van der Waals surface area contributed by atoms with Gasteiger partial charge >= 0.3 is 0 Å². The van der Waals surface area contributed by atoms with Gasteiger partial charge < -0.3 is 13.6 Å². The maximum Gasteiger partial charge on any atom is 0.178 e. The predicted molar refractivity (Wildman–Crippen MR) is 67.4 cm³/mol. The molecule has 90 valence electrons. The van der Waals surface area contributed by atoms with E-state index in [1.807, 2.05) is 0 Å². The lowest BCUT2D eigenvalue weighted by Gasteiger charge is -2.31. The highest BCUT2D eigenvalue weighted by Crippen LogP contribution is 2.24. The molecular formula is C10H24O3Si2. The summed E-state index contributed by atoms with van der Waals surface area (Å²) in [4.78, 5) is 0. The van der Waals surface area contributed by atoms with E-state index in [2.05, 4.69) is 33.1 Å². The molecule has 15 heavy (non-hydrogen) atoms. The van der Waals surface area contributed by atoms with Crippen LogP contribution in [0.15, 0.2) is 0 Å². The van der Waals surface area contributed by atoms with Crippen molar-refractivity contribution >= 4 is 17.4 Å². The molecule has 0 bridgehead atoms. The Morgan fingerprint density at radius 2 is 2.07 bits per heavy atom. The molecule has 1 aliphatic rings. The summed E-state index contributed by atoms with van der Waals surface area (Å²) in [6.45, 7) is 13.8. The summed E-state index contributed by atoms with van der Waals surface area (Å²) in [5.74, 6) is 0. The van der Waals surface area contributed by atoms with Crippen LogP contribution < -0.4 is 0 Å². The van der Waals surface area contributed by atoms with Crippen LogP contribution >= 0.6 is 0 Å². The fourth-order valence-electron chi connectivity index (χ4n) is 1.46. The molecule has 0 aromatic heterocycles. The second kappa shape index (κ2) is 5.59. The number of hydrogen-bond donors (Lipinski definition) is 0. The number of hydrogen-bond acceptors (Lipinski definition) is 3. The van der Waals surface area contributed by atoms with Crippen LogP contribution in [-0.4, -0.2) is 43.3 Å². The highest BCUT2D eigenvalue weighted by Gasteiger charge is 2.31. The summed E-state index contributed by atoms with van der Waals surface area (Å²) >= 11 is 0. The van der Waals surface area contributed by atoms with Gasteiger partial charge in [-0.15, -0.1) is 0 Å². The van der Waals surface area contributed by atoms with Gasteiger partial charge in [-0.2, -0.15) is 0 Å². The molecule has 0 unspecified atom stereocenters. The Balaban J connectivity index is 2.19. The minimum atomic E-state index is -1.53. The van der Waals surface area contributed by atoms with Crippen molar-refractivity contribution in [2.75, 3.05) is 19.8 Å². The van der Waals surface area contributed by atoms with Gasteiger partial charge in [0.2, 0.25) is 0 Å². The lowest BCUT2D eigenvalue weighted by atomic mass is 10.5. The standard InChI is InChI=1S/C10H24O3Si2/c1-9(6-11-7-10-8-12-10)15(4,5)13-14(2)3/h9-10,14H,6-8H2,1-5H3/t9-,10-/m0/s1. The van der Waals surface area contributed by atoms with Crippen molar-refractivity contribution in [1.82, 2.24) is 0 Å². The Bertz CT molecular complexity index is 193. The quantitative estimate of drug-likeness (QED) is 0.510. The van der Waals surface area contributed by atoms with E-state index in [9.17, 15) is 0 Å². The molecule has 0 N–H and O–H groups in total. The molecule has 2 atom stereocenters. The molecule has 0 aromatic rings. The third-order valence-electron chi connectivity index (χ3n) is 2.80. The molecule has 1 aliphatic heterocycles. The first-order valence-corrected chi connectivity index (χ1v) is 11.6. The van der Waals surface area contributed by atoms with Gasteiger partial charge in [0.05, 0.1) is 13.2 Å². The van der Waals surface area contributed by atoms with E-state index in [-0.39, 0.29) is 0 Å². The fourth-order valence-corrected chi connectivity index (χ4v) is 7.77. The molecule has 0 radical (unpaired) electrons. The average molecular weight is 248 g/mol. The molecule has 1 fully saturated rings. The van der Waals surface area contributed by atoms with Crippen LogP contribution in [-0.2, 0) is 13.6 Å². The van der Waals surface area contributed by atoms with Crippen LogP contribution in [0, 0.1) is 0 Å². The number of rotatable bonds is 7. The first kappa shape index (κ1) is 13.4. The van der Waals surface area contributed by atoms with Crippen LogP contribution in [0.1, 0.15) is 6.92 Å². The van der Waals surface area contributed by atoms with Crippen molar-refractivity contribution in [1.29, 1.82) is 0 Å². The molecule has 0 amide bonds. The average Bonchev–Trinajstić information content (AvgIpc) is 2.85. The van der Waals surface area contributed by atoms with Crippen molar-refractivity contribution in [2.45, 2.75) is 44.8 Å². The molecule has 0 aromatic carbocycles. The van der Waals surface area contributed by atoms with Gasteiger partial charge in [-0.05, 0) is 31.7 Å². The zero-order chi connectivity index (χ0) is 11.5. The summed E-state index contributed by atoms with van der Waals surface area (Å²) in [6, 6.07) is 0. The Morgan fingerprint density at radius 3 is 2.53 bits per heavy atom. The van der Waals surface area contributed by atoms with E-state index in [1.54, 1.807) is 0 Å². The zero-order valence-electron chi connectivity index (χ0n) is 10.6. The molecule has 3 nitrogen and oxygen atoms in total. The Kier molecular flexibility index (Phi) is 4.98. The SMILES string of the molecule is C[C@@H](COC[C@H]1CO1)[Si](C)(C)O[SiH](C)C. The van der Waals surface area contributed by atoms with E-state index >= 15 is 0 Å². The van der Waals surface area contributed by atoms with Gasteiger partial charge in [-0.25, -0.2) is 0 Å². The van der Waals surface area contributed by atoms with Crippen LogP contribution in [0.3, 0.4) is 0 Å². The highest BCUT2D eigenvalue weighted by atomic mass is 28.4. The second-order valence-electron chi connectivity index (χ2n) is 5.16. The van der Waals surface area contributed by atoms with Crippen LogP contribution in [0.5, 0.6) is 0 Å². The molecule has 1 rings (SSSR count). The van der Waals surface area contributed by atoms with Gasteiger partial charge in [-0.3, -0.25) is 0 Å². The maximum absolute atomic E-state index is 6.14. The lowest BCUT2D eigenvalue weighted by molar-refractivity contribution is 0.114. The van der Waals surface area contributed by atoms with E-state index in [0.717, 1.165) is 19.8 Å². The Labute approximate surface area is 96.0 Å². The van der Waals surface area contributed by atoms with Crippen LogP contribution in [0.2, 0.25) is 31.7 Å². The van der Waals surface area contributed by atoms with Gasteiger partial charge in [0, 0.05) is 6.61 Å². The molecule has 0 saturated carbocycles. The fraction of sp³-hybridized carbons (Fsp3) is 1.00. The Hall–Kier alpha value is 0.314. The summed E-state index contributed by atoms with van der Waals surface area (Å²) < 4.78 is 16.9. The van der Waals surface area contributed by atoms with Crippen LogP contribution in [0.25, 0.3) is 0 Å². The topological polar surface area (TPSA) is 31.0 Å². The Morgan fingerprint density at radius 1 is 1.47 bits per heavy atom. The van der Waals surface area contributed by atoms with E-state index in [0.29, 0.717) is 11.6 Å². The van der Waals surface area contributed by atoms with Crippen molar-refractivity contribution < 1.29 is 13.6 Å². The smallest absolute Gasteiger partial charge is 0.178 e. The molecule has 1 heterocycles. The maximum atomic E-state index is 6.14. The summed E-state index contributed by atoms with van der Waals surface area (Å²) in [7, 11) is -2.44. The van der Waals surface area contributed by atoms with Crippen molar-refractivity contribution in [3.8, 4) is 0 Å². The summed E-state index contributed by atoms with van der Waals surface area (Å²) in [5.41, 5.74) is 0.561. The largest absolute Gasteiger partial charge is 0.458 e. The van der Waals surface area contributed by atoms with Crippen molar-refractivity contribution in [3.63, 3.8) is 0 Å². The summed E-state index contributed by atoms with van der Waals surface area (Å²) in [5, 5.41) is 0. The van der Waals surface area contributed by atoms with Gasteiger partial charge in [0.15, 0.2) is 17.4 Å². The molecule has 5 heteroatoms.